The zero-order valence-corrected chi connectivity index (χ0v) is 9.75. The minimum absolute atomic E-state index is 0.157. The maximum absolute atomic E-state index is 11.4. The molecule has 0 aliphatic heterocycles. The molecule has 1 aromatic rings. The van der Waals surface area contributed by atoms with Crippen molar-refractivity contribution in [3.05, 3.63) is 46.5 Å². The molecule has 0 fully saturated rings. The van der Waals surface area contributed by atoms with Gasteiger partial charge in [0, 0.05) is 10.9 Å². The number of ketones is 1. The molecule has 0 saturated heterocycles. The lowest BCUT2D eigenvalue weighted by molar-refractivity contribution is -0.114. The van der Waals surface area contributed by atoms with Gasteiger partial charge in [0.15, 0.2) is 5.78 Å². The van der Waals surface area contributed by atoms with Crippen LogP contribution >= 0.6 is 15.9 Å². The molecule has 0 bridgehead atoms. The van der Waals surface area contributed by atoms with E-state index in [-0.39, 0.29) is 5.78 Å². The van der Waals surface area contributed by atoms with Crippen molar-refractivity contribution in [3.63, 3.8) is 0 Å². The Morgan fingerprint density at radius 2 is 2.29 bits per heavy atom. The van der Waals surface area contributed by atoms with E-state index < -0.39 is 0 Å². The fraction of sp³-hybridized carbons (Fsp3) is 0.250. The van der Waals surface area contributed by atoms with Gasteiger partial charge >= 0.3 is 0 Å². The summed E-state index contributed by atoms with van der Waals surface area (Å²) in [5.74, 6) is 0.157. The van der Waals surface area contributed by atoms with Crippen molar-refractivity contribution in [3.8, 4) is 0 Å². The predicted molar refractivity (Wildman–Crippen MR) is 62.3 cm³/mol. The van der Waals surface area contributed by atoms with Crippen LogP contribution in [0.15, 0.2) is 40.9 Å². The smallest absolute Gasteiger partial charge is 0.159 e. The molecule has 0 spiro atoms. The molecule has 0 unspecified atom stereocenters. The van der Waals surface area contributed by atoms with Crippen molar-refractivity contribution in [1.29, 1.82) is 0 Å². The summed E-state index contributed by atoms with van der Waals surface area (Å²) < 4.78 is 1.02. The minimum Gasteiger partial charge on any atom is -0.294 e. The number of hydrogen-bond acceptors (Lipinski definition) is 1. The second-order valence-corrected chi connectivity index (χ2v) is 4.00. The number of benzene rings is 1. The summed E-state index contributed by atoms with van der Waals surface area (Å²) in [5, 5.41) is 0. The fourth-order valence-corrected chi connectivity index (χ4v) is 1.60. The van der Waals surface area contributed by atoms with Crippen molar-refractivity contribution < 1.29 is 4.79 Å². The van der Waals surface area contributed by atoms with E-state index >= 15 is 0 Å². The van der Waals surface area contributed by atoms with Gasteiger partial charge in [-0.1, -0.05) is 41.1 Å². The first-order valence-electron chi connectivity index (χ1n) is 4.66. The molecule has 0 N–H and O–H groups in total. The third kappa shape index (κ3) is 3.88. The van der Waals surface area contributed by atoms with Gasteiger partial charge in [0.25, 0.3) is 0 Å². The molecule has 1 rings (SSSR count). The van der Waals surface area contributed by atoms with Gasteiger partial charge in [-0.2, -0.15) is 0 Å². The maximum Gasteiger partial charge on any atom is 0.159 e. The molecule has 0 aromatic heterocycles. The Morgan fingerprint density at radius 3 is 2.93 bits per heavy atom. The molecule has 0 radical (unpaired) electrons. The highest BCUT2D eigenvalue weighted by molar-refractivity contribution is 9.10. The van der Waals surface area contributed by atoms with Gasteiger partial charge in [0.1, 0.15) is 0 Å². The van der Waals surface area contributed by atoms with Crippen LogP contribution in [0.5, 0.6) is 0 Å². The van der Waals surface area contributed by atoms with E-state index in [0.29, 0.717) is 6.42 Å². The third-order valence-electron chi connectivity index (χ3n) is 1.81. The Morgan fingerprint density at radius 1 is 1.50 bits per heavy atom. The number of allylic oxidation sites excluding steroid dienone is 2. The van der Waals surface area contributed by atoms with E-state index in [1.54, 1.807) is 6.08 Å². The SMILES string of the molecule is CC/C=C/C(=O)Cc1cccc(Br)c1. The van der Waals surface area contributed by atoms with Crippen molar-refractivity contribution in [2.45, 2.75) is 19.8 Å². The first kappa shape index (κ1) is 11.2. The zero-order valence-electron chi connectivity index (χ0n) is 8.16. The first-order valence-corrected chi connectivity index (χ1v) is 5.45. The summed E-state index contributed by atoms with van der Waals surface area (Å²) >= 11 is 3.38. The quantitative estimate of drug-likeness (QED) is 0.750. The number of hydrogen-bond donors (Lipinski definition) is 0. The van der Waals surface area contributed by atoms with Crippen LogP contribution in [0.3, 0.4) is 0 Å². The van der Waals surface area contributed by atoms with Crippen molar-refractivity contribution in [2.75, 3.05) is 0 Å². The van der Waals surface area contributed by atoms with E-state index in [1.807, 2.05) is 37.3 Å². The molecule has 0 aliphatic rings. The zero-order chi connectivity index (χ0) is 10.4. The molecular formula is C12H13BrO. The van der Waals surface area contributed by atoms with E-state index in [0.717, 1.165) is 16.5 Å². The van der Waals surface area contributed by atoms with Gasteiger partial charge in [-0.05, 0) is 30.2 Å². The number of halogens is 1. The van der Waals surface area contributed by atoms with Gasteiger partial charge < -0.3 is 0 Å². The molecule has 0 amide bonds. The molecule has 1 aromatic carbocycles. The van der Waals surface area contributed by atoms with E-state index in [2.05, 4.69) is 15.9 Å². The average molecular weight is 253 g/mol. The summed E-state index contributed by atoms with van der Waals surface area (Å²) in [6.45, 7) is 2.02. The van der Waals surface area contributed by atoms with Crippen molar-refractivity contribution in [1.82, 2.24) is 0 Å². The fourth-order valence-electron chi connectivity index (χ4n) is 1.16. The monoisotopic (exact) mass is 252 g/mol. The summed E-state index contributed by atoms with van der Waals surface area (Å²) in [4.78, 5) is 11.4. The summed E-state index contributed by atoms with van der Waals surface area (Å²) in [6, 6.07) is 7.83. The highest BCUT2D eigenvalue weighted by Crippen LogP contribution is 2.12. The predicted octanol–water partition coefficient (Wildman–Crippen LogP) is 3.53. The molecule has 2 heteroatoms. The summed E-state index contributed by atoms with van der Waals surface area (Å²) in [5.41, 5.74) is 1.05. The number of carbonyl (C=O) groups is 1. The lowest BCUT2D eigenvalue weighted by Crippen LogP contribution is -1.97. The third-order valence-corrected chi connectivity index (χ3v) is 2.30. The van der Waals surface area contributed by atoms with Crippen LogP contribution in [0.1, 0.15) is 18.9 Å². The summed E-state index contributed by atoms with van der Waals surface area (Å²) in [6.07, 6.45) is 4.93. The standard InChI is InChI=1S/C12H13BrO/c1-2-3-7-12(14)9-10-5-4-6-11(13)8-10/h3-8H,2,9H2,1H3/b7-3+. The van der Waals surface area contributed by atoms with Crippen LogP contribution in [-0.2, 0) is 11.2 Å². The number of rotatable bonds is 4. The van der Waals surface area contributed by atoms with Crippen LogP contribution in [0.2, 0.25) is 0 Å². The van der Waals surface area contributed by atoms with Crippen LogP contribution in [-0.4, -0.2) is 5.78 Å². The van der Waals surface area contributed by atoms with Crippen LogP contribution < -0.4 is 0 Å². The van der Waals surface area contributed by atoms with Gasteiger partial charge in [-0.3, -0.25) is 4.79 Å². The Balaban J connectivity index is 2.60. The largest absolute Gasteiger partial charge is 0.294 e. The van der Waals surface area contributed by atoms with Crippen molar-refractivity contribution >= 4 is 21.7 Å². The molecule has 0 saturated carbocycles. The minimum atomic E-state index is 0.157. The highest BCUT2D eigenvalue weighted by Gasteiger charge is 1.99. The van der Waals surface area contributed by atoms with Gasteiger partial charge in [0.2, 0.25) is 0 Å². The Labute approximate surface area is 93.0 Å². The van der Waals surface area contributed by atoms with E-state index in [9.17, 15) is 4.79 Å². The van der Waals surface area contributed by atoms with Gasteiger partial charge in [-0.25, -0.2) is 0 Å². The van der Waals surface area contributed by atoms with E-state index in [4.69, 9.17) is 0 Å². The van der Waals surface area contributed by atoms with E-state index in [1.165, 1.54) is 0 Å². The average Bonchev–Trinajstić information content (AvgIpc) is 2.15. The Bertz CT molecular complexity index is 342. The summed E-state index contributed by atoms with van der Waals surface area (Å²) in [7, 11) is 0. The Kier molecular flexibility index (Phi) is 4.60. The second-order valence-electron chi connectivity index (χ2n) is 3.08. The molecule has 0 heterocycles. The molecular weight excluding hydrogens is 240 g/mol. The normalized spacial score (nSPS) is 10.7. The lowest BCUT2D eigenvalue weighted by atomic mass is 10.1. The highest BCUT2D eigenvalue weighted by atomic mass is 79.9. The van der Waals surface area contributed by atoms with Crippen molar-refractivity contribution in [2.24, 2.45) is 0 Å². The van der Waals surface area contributed by atoms with Crippen LogP contribution in [0.4, 0.5) is 0 Å². The van der Waals surface area contributed by atoms with Gasteiger partial charge in [0.05, 0.1) is 0 Å². The molecule has 14 heavy (non-hydrogen) atoms. The molecule has 0 aliphatic carbocycles. The van der Waals surface area contributed by atoms with Gasteiger partial charge in [-0.15, -0.1) is 0 Å². The van der Waals surface area contributed by atoms with Crippen LogP contribution in [0.25, 0.3) is 0 Å². The number of carbonyl (C=O) groups excluding carboxylic acids is 1. The molecule has 0 atom stereocenters. The second kappa shape index (κ2) is 5.76. The van der Waals surface area contributed by atoms with Crippen LogP contribution in [0, 0.1) is 0 Å². The first-order chi connectivity index (χ1) is 6.72. The topological polar surface area (TPSA) is 17.1 Å². The Hall–Kier alpha value is -0.890. The molecule has 74 valence electrons. The lowest BCUT2D eigenvalue weighted by Gasteiger charge is -1.97. The maximum atomic E-state index is 11.4. The molecule has 1 nitrogen and oxygen atoms in total.